The summed E-state index contributed by atoms with van der Waals surface area (Å²) >= 11 is 0. The van der Waals surface area contributed by atoms with Gasteiger partial charge in [0.25, 0.3) is 11.8 Å². The van der Waals surface area contributed by atoms with E-state index in [2.05, 4.69) is 21.9 Å². The number of piperazine rings is 1. The molecule has 1 aromatic rings. The van der Waals surface area contributed by atoms with Gasteiger partial charge in [-0.1, -0.05) is 0 Å². The standard InChI is InChI=1S/C18H27N7O3/c1-22-6-8-24(9-7-22)13-2-4-23(5-3-13)14(12-26)10-25-11-15(17(19)27)16(21-25)18(20)28/h11,13H,2-10H2,1H3,(H2,19,27)(H2,20,28). The number of piperidine rings is 1. The van der Waals surface area contributed by atoms with E-state index in [0.717, 1.165) is 52.1 Å². The van der Waals surface area contributed by atoms with Crippen LogP contribution in [0.4, 0.5) is 0 Å². The predicted molar refractivity (Wildman–Crippen MR) is 102 cm³/mol. The molecule has 3 rings (SSSR count). The van der Waals surface area contributed by atoms with E-state index in [9.17, 15) is 14.4 Å². The largest absolute Gasteiger partial charge is 0.365 e. The van der Waals surface area contributed by atoms with Crippen LogP contribution in [0, 0.1) is 0 Å². The third kappa shape index (κ3) is 4.41. The third-order valence-electron chi connectivity index (χ3n) is 5.59. The van der Waals surface area contributed by atoms with Crippen LogP contribution in [0.15, 0.2) is 11.9 Å². The van der Waals surface area contributed by atoms with Crippen molar-refractivity contribution in [2.24, 2.45) is 11.5 Å². The fraction of sp³-hybridized carbons (Fsp3) is 0.611. The Balaban J connectivity index is 1.61. The normalized spacial score (nSPS) is 19.4. The second-order valence-corrected chi connectivity index (χ2v) is 7.42. The van der Waals surface area contributed by atoms with Gasteiger partial charge in [-0.05, 0) is 19.9 Å². The molecular formula is C18H27N7O3. The fourth-order valence-electron chi connectivity index (χ4n) is 3.90. The number of hydrogen-bond donors (Lipinski definition) is 2. The Kier molecular flexibility index (Phi) is 6.13. The van der Waals surface area contributed by atoms with Crippen molar-refractivity contribution >= 4 is 17.8 Å². The van der Waals surface area contributed by atoms with Gasteiger partial charge in [-0.25, -0.2) is 4.79 Å². The summed E-state index contributed by atoms with van der Waals surface area (Å²) in [6.07, 6.45) is 3.30. The lowest BCUT2D eigenvalue weighted by atomic mass is 10.0. The topological polar surface area (TPSA) is 131 Å². The molecule has 10 heteroatoms. The molecule has 0 atom stereocenters. The third-order valence-corrected chi connectivity index (χ3v) is 5.59. The first kappa shape index (κ1) is 20.1. The number of nitrogens with zero attached hydrogens (tertiary/aromatic N) is 5. The van der Waals surface area contributed by atoms with Crippen LogP contribution in [0.5, 0.6) is 0 Å². The van der Waals surface area contributed by atoms with Crippen molar-refractivity contribution in [2.75, 3.05) is 46.3 Å². The maximum atomic E-state index is 11.5. The number of carbonyl (C=O) groups excluding carboxylic acids is 3. The summed E-state index contributed by atoms with van der Waals surface area (Å²) in [4.78, 5) is 41.3. The Morgan fingerprint density at radius 1 is 1.11 bits per heavy atom. The average Bonchev–Trinajstić information content (AvgIpc) is 3.12. The van der Waals surface area contributed by atoms with Crippen LogP contribution < -0.4 is 11.5 Å². The Labute approximate surface area is 163 Å². The number of rotatable bonds is 6. The molecule has 2 saturated heterocycles. The van der Waals surface area contributed by atoms with E-state index >= 15 is 0 Å². The lowest BCUT2D eigenvalue weighted by molar-refractivity contribution is 0.0749. The summed E-state index contributed by atoms with van der Waals surface area (Å²) in [6.45, 7) is 5.96. The van der Waals surface area contributed by atoms with Crippen LogP contribution in [0.25, 0.3) is 0 Å². The molecule has 0 saturated carbocycles. The quantitative estimate of drug-likeness (QED) is 0.567. The summed E-state index contributed by atoms with van der Waals surface area (Å²) in [5.41, 5.74) is 10.7. The Morgan fingerprint density at radius 2 is 1.75 bits per heavy atom. The van der Waals surface area contributed by atoms with E-state index in [-0.39, 0.29) is 17.8 Å². The van der Waals surface area contributed by atoms with Crippen molar-refractivity contribution in [1.29, 1.82) is 0 Å². The van der Waals surface area contributed by atoms with E-state index in [0.29, 0.717) is 11.7 Å². The van der Waals surface area contributed by atoms with Gasteiger partial charge in [-0.3, -0.25) is 19.2 Å². The molecule has 0 bridgehead atoms. The number of primary amides is 2. The molecule has 0 unspecified atom stereocenters. The minimum Gasteiger partial charge on any atom is -0.365 e. The van der Waals surface area contributed by atoms with Crippen molar-refractivity contribution in [2.45, 2.75) is 25.4 Å². The molecule has 4 N–H and O–H groups in total. The van der Waals surface area contributed by atoms with Crippen LogP contribution in [-0.2, 0) is 11.3 Å². The highest BCUT2D eigenvalue weighted by molar-refractivity contribution is 6.04. The van der Waals surface area contributed by atoms with Crippen molar-refractivity contribution in [1.82, 2.24) is 24.5 Å². The molecule has 2 fully saturated rings. The maximum Gasteiger partial charge on any atom is 0.270 e. The average molecular weight is 389 g/mol. The first-order valence-electron chi connectivity index (χ1n) is 9.47. The molecule has 28 heavy (non-hydrogen) atoms. The minimum atomic E-state index is -0.836. The number of carbonyl (C=O) groups is 2. The van der Waals surface area contributed by atoms with Crippen molar-refractivity contribution in [3.05, 3.63) is 23.2 Å². The second kappa shape index (κ2) is 8.55. The minimum absolute atomic E-state index is 0.0495. The van der Waals surface area contributed by atoms with Gasteiger partial charge in [0.2, 0.25) is 0 Å². The zero-order valence-corrected chi connectivity index (χ0v) is 16.1. The molecule has 10 nitrogen and oxygen atoms in total. The van der Waals surface area contributed by atoms with Crippen LogP contribution in [0.3, 0.4) is 0 Å². The highest BCUT2D eigenvalue weighted by atomic mass is 16.2. The zero-order chi connectivity index (χ0) is 20.3. The summed E-state index contributed by atoms with van der Waals surface area (Å²) in [7, 11) is 2.14. The van der Waals surface area contributed by atoms with E-state index < -0.39 is 11.8 Å². The van der Waals surface area contributed by atoms with Gasteiger partial charge >= 0.3 is 0 Å². The SMILES string of the molecule is CN1CCN(C2CCN(C(=C=O)Cn3cc(C(N)=O)c(C(N)=O)n3)CC2)CC1. The predicted octanol–water partition coefficient (Wildman–Crippen LogP) is -1.49. The molecule has 1 aromatic heterocycles. The molecular weight excluding hydrogens is 362 g/mol. The molecule has 152 valence electrons. The lowest BCUT2D eigenvalue weighted by Crippen LogP contribution is -2.52. The molecule has 0 spiro atoms. The number of hydrogen-bond acceptors (Lipinski definition) is 7. The molecule has 2 aliphatic heterocycles. The summed E-state index contributed by atoms with van der Waals surface area (Å²) in [6, 6.07) is 0.533. The number of nitrogens with two attached hydrogens (primary N) is 2. The van der Waals surface area contributed by atoms with E-state index in [1.54, 1.807) is 0 Å². The summed E-state index contributed by atoms with van der Waals surface area (Å²) in [5.74, 6) is 0.363. The summed E-state index contributed by atoms with van der Waals surface area (Å²) in [5, 5.41) is 4.01. The van der Waals surface area contributed by atoms with Crippen LogP contribution in [-0.4, -0.2) is 94.6 Å². The van der Waals surface area contributed by atoms with Gasteiger partial charge in [-0.15, -0.1) is 0 Å². The summed E-state index contributed by atoms with van der Waals surface area (Å²) < 4.78 is 1.34. The van der Waals surface area contributed by atoms with Gasteiger partial charge in [0.15, 0.2) is 5.69 Å². The van der Waals surface area contributed by atoms with E-state index in [1.807, 2.05) is 10.8 Å². The van der Waals surface area contributed by atoms with Gasteiger partial charge < -0.3 is 21.3 Å². The highest BCUT2D eigenvalue weighted by Crippen LogP contribution is 2.21. The molecule has 0 aromatic carbocycles. The Bertz CT molecular complexity index is 752. The molecule has 2 aliphatic rings. The second-order valence-electron chi connectivity index (χ2n) is 7.42. The number of likely N-dealkylation sites (N-methyl/N-ethyl adjacent to an activating group) is 1. The van der Waals surface area contributed by atoms with Crippen molar-refractivity contribution < 1.29 is 14.4 Å². The van der Waals surface area contributed by atoms with Crippen molar-refractivity contribution in [3.8, 4) is 0 Å². The van der Waals surface area contributed by atoms with Crippen LogP contribution >= 0.6 is 0 Å². The van der Waals surface area contributed by atoms with Crippen molar-refractivity contribution in [3.63, 3.8) is 0 Å². The van der Waals surface area contributed by atoms with E-state index in [4.69, 9.17) is 11.5 Å². The number of aromatic nitrogens is 2. The fourth-order valence-corrected chi connectivity index (χ4v) is 3.90. The molecule has 2 amide bonds. The maximum absolute atomic E-state index is 11.5. The first-order valence-corrected chi connectivity index (χ1v) is 9.47. The Morgan fingerprint density at radius 3 is 2.25 bits per heavy atom. The van der Waals surface area contributed by atoms with Crippen LogP contribution in [0.1, 0.15) is 33.7 Å². The molecule has 0 radical (unpaired) electrons. The van der Waals surface area contributed by atoms with Crippen LogP contribution in [0.2, 0.25) is 0 Å². The number of allylic oxidation sites excluding steroid dienone is 1. The Hall–Kier alpha value is -2.68. The number of likely N-dealkylation sites (tertiary alicyclic amines) is 1. The molecule has 0 aliphatic carbocycles. The van der Waals surface area contributed by atoms with Gasteiger partial charge in [-0.2, -0.15) is 5.10 Å². The smallest absolute Gasteiger partial charge is 0.270 e. The van der Waals surface area contributed by atoms with Gasteiger partial charge in [0.1, 0.15) is 11.6 Å². The number of amides is 2. The zero-order valence-electron chi connectivity index (χ0n) is 16.1. The van der Waals surface area contributed by atoms with E-state index in [1.165, 1.54) is 10.9 Å². The monoisotopic (exact) mass is 389 g/mol. The lowest BCUT2D eigenvalue weighted by Gasteiger charge is -2.42. The molecule has 3 heterocycles. The van der Waals surface area contributed by atoms with Gasteiger partial charge in [0.05, 0.1) is 12.1 Å². The highest BCUT2D eigenvalue weighted by Gasteiger charge is 2.28. The first-order chi connectivity index (χ1) is 13.4. The van der Waals surface area contributed by atoms with Gasteiger partial charge in [0, 0.05) is 51.5 Å².